The van der Waals surface area contributed by atoms with Crippen LogP contribution in [0.2, 0.25) is 5.02 Å². The van der Waals surface area contributed by atoms with Gasteiger partial charge < -0.3 is 10.1 Å². The molecule has 2 aromatic carbocycles. The molecule has 4 nitrogen and oxygen atoms in total. The highest BCUT2D eigenvalue weighted by Crippen LogP contribution is 2.18. The first-order valence-corrected chi connectivity index (χ1v) is 6.62. The maximum atomic E-state index is 12.1. The predicted molar refractivity (Wildman–Crippen MR) is 80.3 cm³/mol. The second-order valence-electron chi connectivity index (χ2n) is 4.32. The van der Waals surface area contributed by atoms with Gasteiger partial charge in [0, 0.05) is 10.6 Å². The summed E-state index contributed by atoms with van der Waals surface area (Å²) in [6.07, 6.45) is 0. The fourth-order valence-electron chi connectivity index (χ4n) is 1.83. The molecule has 1 N–H and O–H groups in total. The number of hydrogen-bond donors (Lipinski definition) is 1. The number of benzene rings is 2. The van der Waals surface area contributed by atoms with E-state index >= 15 is 0 Å². The van der Waals surface area contributed by atoms with Gasteiger partial charge in [0.1, 0.15) is 11.8 Å². The molecular weight excluding hydrogens is 288 g/mol. The molecule has 0 fully saturated rings. The number of nitrogens with zero attached hydrogens (tertiary/aromatic N) is 1. The lowest BCUT2D eigenvalue weighted by atomic mass is 10.1. The highest BCUT2D eigenvalue weighted by molar-refractivity contribution is 6.30. The largest absolute Gasteiger partial charge is 0.497 e. The Labute approximate surface area is 127 Å². The minimum Gasteiger partial charge on any atom is -0.497 e. The van der Waals surface area contributed by atoms with E-state index in [1.807, 2.05) is 0 Å². The third-order valence-electron chi connectivity index (χ3n) is 2.94. The van der Waals surface area contributed by atoms with E-state index < -0.39 is 6.04 Å². The van der Waals surface area contributed by atoms with Crippen LogP contribution in [0.25, 0.3) is 0 Å². The summed E-state index contributed by atoms with van der Waals surface area (Å²) in [6, 6.07) is 14.8. The molecule has 2 aromatic rings. The predicted octanol–water partition coefficient (Wildman–Crippen LogP) is 3.34. The first-order chi connectivity index (χ1) is 10.1. The number of ether oxygens (including phenoxy) is 1. The highest BCUT2D eigenvalue weighted by atomic mass is 35.5. The summed E-state index contributed by atoms with van der Waals surface area (Å²) in [7, 11) is 1.56. The van der Waals surface area contributed by atoms with Gasteiger partial charge in [-0.2, -0.15) is 5.26 Å². The lowest BCUT2D eigenvalue weighted by Crippen LogP contribution is -2.27. The highest BCUT2D eigenvalue weighted by Gasteiger charge is 2.15. The molecule has 1 amide bonds. The Morgan fingerprint density at radius 1 is 1.29 bits per heavy atom. The fourth-order valence-corrected chi connectivity index (χ4v) is 2.03. The number of nitriles is 1. The third kappa shape index (κ3) is 3.74. The van der Waals surface area contributed by atoms with Crippen LogP contribution in [0.5, 0.6) is 5.75 Å². The van der Waals surface area contributed by atoms with E-state index in [9.17, 15) is 10.1 Å². The van der Waals surface area contributed by atoms with Gasteiger partial charge in [0.15, 0.2) is 0 Å². The lowest BCUT2D eigenvalue weighted by molar-refractivity contribution is 0.0945. The Bertz CT molecular complexity index is 677. The van der Waals surface area contributed by atoms with Crippen molar-refractivity contribution in [2.45, 2.75) is 6.04 Å². The van der Waals surface area contributed by atoms with Crippen LogP contribution in [0.3, 0.4) is 0 Å². The average Bonchev–Trinajstić information content (AvgIpc) is 2.52. The van der Waals surface area contributed by atoms with Crippen molar-refractivity contribution in [3.63, 3.8) is 0 Å². The Balaban J connectivity index is 2.14. The van der Waals surface area contributed by atoms with E-state index in [-0.39, 0.29) is 5.91 Å². The topological polar surface area (TPSA) is 62.1 Å². The number of hydrogen-bond acceptors (Lipinski definition) is 3. The smallest absolute Gasteiger partial charge is 0.252 e. The van der Waals surface area contributed by atoms with Crippen LogP contribution in [0.15, 0.2) is 48.5 Å². The van der Waals surface area contributed by atoms with E-state index in [2.05, 4.69) is 11.4 Å². The lowest BCUT2D eigenvalue weighted by Gasteiger charge is -2.12. The summed E-state index contributed by atoms with van der Waals surface area (Å²) in [4.78, 5) is 12.1. The summed E-state index contributed by atoms with van der Waals surface area (Å²) >= 11 is 5.90. The molecule has 0 aliphatic carbocycles. The van der Waals surface area contributed by atoms with Gasteiger partial charge >= 0.3 is 0 Å². The summed E-state index contributed by atoms with van der Waals surface area (Å²) in [5.74, 6) is 0.336. The van der Waals surface area contributed by atoms with Crippen LogP contribution < -0.4 is 10.1 Å². The van der Waals surface area contributed by atoms with Crippen molar-refractivity contribution >= 4 is 17.5 Å². The molecule has 21 heavy (non-hydrogen) atoms. The molecule has 0 saturated carbocycles. The second kappa shape index (κ2) is 6.78. The molecule has 0 aliphatic rings. The molecule has 0 heterocycles. The zero-order valence-corrected chi connectivity index (χ0v) is 12.1. The van der Waals surface area contributed by atoms with Gasteiger partial charge in [-0.15, -0.1) is 0 Å². The first-order valence-electron chi connectivity index (χ1n) is 6.24. The molecule has 0 spiro atoms. The summed E-state index contributed by atoms with van der Waals surface area (Å²) in [5.41, 5.74) is 1.10. The Morgan fingerprint density at radius 3 is 2.57 bits per heavy atom. The van der Waals surface area contributed by atoms with Gasteiger partial charge in [0.2, 0.25) is 0 Å². The second-order valence-corrected chi connectivity index (χ2v) is 4.76. The molecular formula is C16H13ClN2O2. The Hall–Kier alpha value is -2.51. The van der Waals surface area contributed by atoms with Gasteiger partial charge in [-0.25, -0.2) is 0 Å². The summed E-state index contributed by atoms with van der Waals surface area (Å²) in [6.45, 7) is 0. The quantitative estimate of drug-likeness (QED) is 0.942. The van der Waals surface area contributed by atoms with Crippen molar-refractivity contribution in [2.75, 3.05) is 7.11 Å². The van der Waals surface area contributed by atoms with Crippen LogP contribution in [0, 0.1) is 11.3 Å². The number of nitrogens with one attached hydrogen (secondary N) is 1. The molecule has 1 atom stereocenters. The van der Waals surface area contributed by atoms with E-state index in [0.717, 1.165) is 0 Å². The van der Waals surface area contributed by atoms with Crippen molar-refractivity contribution in [1.29, 1.82) is 5.26 Å². The molecule has 0 saturated heterocycles. The summed E-state index contributed by atoms with van der Waals surface area (Å²) in [5, 5.41) is 12.4. The van der Waals surface area contributed by atoms with Crippen molar-refractivity contribution < 1.29 is 9.53 Å². The van der Waals surface area contributed by atoms with Gasteiger partial charge in [0.25, 0.3) is 5.91 Å². The third-order valence-corrected chi connectivity index (χ3v) is 3.17. The van der Waals surface area contributed by atoms with Gasteiger partial charge in [0.05, 0.1) is 13.2 Å². The molecule has 2 rings (SSSR count). The zero-order chi connectivity index (χ0) is 15.2. The zero-order valence-electron chi connectivity index (χ0n) is 11.3. The van der Waals surface area contributed by atoms with E-state index in [1.165, 1.54) is 0 Å². The SMILES string of the molecule is COc1ccc(C(=O)NC(C#N)c2cccc(Cl)c2)cc1. The van der Waals surface area contributed by atoms with E-state index in [4.69, 9.17) is 16.3 Å². The average molecular weight is 301 g/mol. The maximum absolute atomic E-state index is 12.1. The maximum Gasteiger partial charge on any atom is 0.252 e. The molecule has 1 unspecified atom stereocenters. The number of carbonyl (C=O) groups excluding carboxylic acids is 1. The molecule has 5 heteroatoms. The standard InChI is InChI=1S/C16H13ClN2O2/c1-21-14-7-5-11(6-8-14)16(20)19-15(10-18)12-3-2-4-13(17)9-12/h2-9,15H,1H3,(H,19,20). The van der Waals surface area contributed by atoms with Crippen molar-refractivity contribution in [3.8, 4) is 11.8 Å². The van der Waals surface area contributed by atoms with Crippen molar-refractivity contribution in [3.05, 3.63) is 64.7 Å². The molecule has 0 radical (unpaired) electrons. The van der Waals surface area contributed by atoms with Gasteiger partial charge in [-0.3, -0.25) is 4.79 Å². The van der Waals surface area contributed by atoms with Gasteiger partial charge in [-0.1, -0.05) is 23.7 Å². The number of halogens is 1. The van der Waals surface area contributed by atoms with Crippen LogP contribution in [0.4, 0.5) is 0 Å². The Kier molecular flexibility index (Phi) is 4.81. The van der Waals surface area contributed by atoms with Crippen LogP contribution in [0.1, 0.15) is 22.0 Å². The van der Waals surface area contributed by atoms with Crippen LogP contribution in [-0.4, -0.2) is 13.0 Å². The minimum atomic E-state index is -0.752. The number of carbonyl (C=O) groups is 1. The van der Waals surface area contributed by atoms with Crippen LogP contribution in [-0.2, 0) is 0 Å². The van der Waals surface area contributed by atoms with Crippen LogP contribution >= 0.6 is 11.6 Å². The van der Waals surface area contributed by atoms with Crippen molar-refractivity contribution in [2.24, 2.45) is 0 Å². The number of methoxy groups -OCH3 is 1. The minimum absolute atomic E-state index is 0.329. The fraction of sp³-hybridized carbons (Fsp3) is 0.125. The Morgan fingerprint density at radius 2 is 2.00 bits per heavy atom. The molecule has 106 valence electrons. The number of amides is 1. The molecule has 0 bridgehead atoms. The van der Waals surface area contributed by atoms with E-state index in [0.29, 0.717) is 21.9 Å². The van der Waals surface area contributed by atoms with E-state index in [1.54, 1.807) is 55.6 Å². The monoisotopic (exact) mass is 300 g/mol. The summed E-state index contributed by atoms with van der Waals surface area (Å²) < 4.78 is 5.03. The molecule has 0 aliphatic heterocycles. The normalized spacial score (nSPS) is 11.3. The first kappa shape index (κ1) is 14.9. The van der Waals surface area contributed by atoms with Gasteiger partial charge in [-0.05, 0) is 42.0 Å². The van der Waals surface area contributed by atoms with Crippen molar-refractivity contribution in [1.82, 2.24) is 5.32 Å². The molecule has 0 aromatic heterocycles. The number of rotatable bonds is 4.